The maximum atomic E-state index is 11.3. The zero-order valence-corrected chi connectivity index (χ0v) is 37.5. The number of ether oxygens (including phenoxy) is 2. The SMILES string of the molecule is COc1cc(N(CC(=O)[O-])CC(=O)[O-])c2nc(COc3ccc(C)cc3N(CC(=O)[O-])CC(=O)[O-])ccc2c1.[K+].[K+].[K+].[K+]. The van der Waals surface area contributed by atoms with Gasteiger partial charge in [-0.1, -0.05) is 12.1 Å². The van der Waals surface area contributed by atoms with Gasteiger partial charge >= 0.3 is 206 Å². The quantitative estimate of drug-likeness (QED) is 0.144. The van der Waals surface area contributed by atoms with Gasteiger partial charge in [-0.2, -0.15) is 0 Å². The van der Waals surface area contributed by atoms with Crippen molar-refractivity contribution in [3.05, 3.63) is 53.7 Å². The molecule has 13 nitrogen and oxygen atoms in total. The van der Waals surface area contributed by atoms with Crippen LogP contribution in [-0.4, -0.2) is 62.2 Å². The van der Waals surface area contributed by atoms with Crippen molar-refractivity contribution in [2.75, 3.05) is 43.1 Å². The number of aromatic nitrogens is 1. The molecule has 0 aliphatic carbocycles. The van der Waals surface area contributed by atoms with Crippen LogP contribution in [0.25, 0.3) is 10.9 Å². The van der Waals surface area contributed by atoms with E-state index in [0.717, 1.165) is 9.80 Å². The smallest absolute Gasteiger partial charge is 0.548 e. The summed E-state index contributed by atoms with van der Waals surface area (Å²) in [7, 11) is 1.39. The van der Waals surface area contributed by atoms with Gasteiger partial charge in [-0.3, -0.25) is 0 Å². The maximum Gasteiger partial charge on any atom is 1.00 e. The first-order valence-corrected chi connectivity index (χ1v) is 11.5. The van der Waals surface area contributed by atoms with Gasteiger partial charge in [-0.05, 0) is 36.8 Å². The molecule has 2 aromatic carbocycles. The molecule has 43 heavy (non-hydrogen) atoms. The molecule has 0 aliphatic heterocycles. The summed E-state index contributed by atoms with van der Waals surface area (Å²) < 4.78 is 11.1. The third-order valence-corrected chi connectivity index (χ3v) is 5.49. The molecule has 0 bridgehead atoms. The second-order valence-electron chi connectivity index (χ2n) is 8.48. The van der Waals surface area contributed by atoms with Crippen LogP contribution in [0.15, 0.2) is 42.5 Å². The van der Waals surface area contributed by atoms with Crippen LogP contribution >= 0.6 is 0 Å². The second kappa shape index (κ2) is 22.9. The molecule has 0 unspecified atom stereocenters. The van der Waals surface area contributed by atoms with Crippen LogP contribution in [-0.2, 0) is 25.8 Å². The van der Waals surface area contributed by atoms with Gasteiger partial charge in [0.15, 0.2) is 0 Å². The van der Waals surface area contributed by atoms with Gasteiger partial charge in [0, 0.05) is 11.5 Å². The number of rotatable bonds is 14. The fourth-order valence-electron chi connectivity index (χ4n) is 3.89. The molecular formula is C26H23K4N3O10. The molecule has 3 rings (SSSR count). The monoisotopic (exact) mass is 693 g/mol. The van der Waals surface area contributed by atoms with E-state index in [1.54, 1.807) is 43.3 Å². The summed E-state index contributed by atoms with van der Waals surface area (Å²) in [4.78, 5) is 51.6. The van der Waals surface area contributed by atoms with E-state index in [2.05, 4.69) is 4.98 Å². The van der Waals surface area contributed by atoms with Gasteiger partial charge in [0.1, 0.15) is 18.1 Å². The van der Waals surface area contributed by atoms with Crippen molar-refractivity contribution in [3.8, 4) is 11.5 Å². The first kappa shape index (κ1) is 46.6. The molecule has 0 fully saturated rings. The maximum absolute atomic E-state index is 11.3. The zero-order chi connectivity index (χ0) is 28.7. The number of carbonyl (C=O) groups is 4. The van der Waals surface area contributed by atoms with Crippen molar-refractivity contribution < 1.29 is 255 Å². The molecule has 0 atom stereocenters. The largest absolute Gasteiger partial charge is 1.00 e. The minimum atomic E-state index is -1.52. The van der Waals surface area contributed by atoms with Crippen molar-refractivity contribution in [3.63, 3.8) is 0 Å². The number of nitrogens with zero attached hydrogens (tertiary/aromatic N) is 3. The van der Waals surface area contributed by atoms with Crippen molar-refractivity contribution in [1.82, 2.24) is 4.98 Å². The summed E-state index contributed by atoms with van der Waals surface area (Å²) in [6.45, 7) is -1.38. The number of benzene rings is 2. The second-order valence-corrected chi connectivity index (χ2v) is 8.48. The minimum Gasteiger partial charge on any atom is -0.548 e. The van der Waals surface area contributed by atoms with E-state index in [1.807, 2.05) is 0 Å². The Labute approximate surface area is 418 Å². The fourth-order valence-corrected chi connectivity index (χ4v) is 3.89. The molecule has 0 saturated heterocycles. The fraction of sp³-hybridized carbons (Fsp3) is 0.269. The van der Waals surface area contributed by atoms with E-state index in [-0.39, 0.29) is 235 Å². The third-order valence-electron chi connectivity index (χ3n) is 5.49. The average Bonchev–Trinajstić information content (AvgIpc) is 2.85. The molecule has 0 aliphatic rings. The minimum absolute atomic E-state index is 0. The average molecular weight is 694 g/mol. The number of fused-ring (bicyclic) bond motifs is 1. The van der Waals surface area contributed by atoms with Crippen molar-refractivity contribution in [2.24, 2.45) is 0 Å². The van der Waals surface area contributed by atoms with Crippen molar-refractivity contribution in [2.45, 2.75) is 13.5 Å². The zero-order valence-electron chi connectivity index (χ0n) is 25.0. The molecule has 17 heteroatoms. The van der Waals surface area contributed by atoms with Crippen molar-refractivity contribution in [1.29, 1.82) is 0 Å². The molecule has 0 N–H and O–H groups in total. The van der Waals surface area contributed by atoms with Gasteiger partial charge < -0.3 is 58.9 Å². The summed E-state index contributed by atoms with van der Waals surface area (Å²) in [5, 5.41) is 45.6. The van der Waals surface area contributed by atoms with Gasteiger partial charge in [0.2, 0.25) is 0 Å². The van der Waals surface area contributed by atoms with Gasteiger partial charge in [-0.15, -0.1) is 0 Å². The third kappa shape index (κ3) is 15.1. The summed E-state index contributed by atoms with van der Waals surface area (Å²) in [6, 6.07) is 11.1. The molecule has 206 valence electrons. The van der Waals surface area contributed by atoms with Crippen LogP contribution in [0.3, 0.4) is 0 Å². The number of anilines is 2. The number of pyridine rings is 1. The number of carbonyl (C=O) groups excluding carboxylic acids is 4. The van der Waals surface area contributed by atoms with Gasteiger partial charge in [0.25, 0.3) is 0 Å². The van der Waals surface area contributed by atoms with Crippen LogP contribution < -0.4 is 245 Å². The predicted octanol–water partition coefficient (Wildman–Crippen LogP) is -15.2. The van der Waals surface area contributed by atoms with Crippen LogP contribution in [0.1, 0.15) is 11.3 Å². The Morgan fingerprint density at radius 2 is 1.23 bits per heavy atom. The summed E-state index contributed by atoms with van der Waals surface area (Å²) >= 11 is 0. The van der Waals surface area contributed by atoms with Crippen molar-refractivity contribution >= 4 is 46.2 Å². The van der Waals surface area contributed by atoms with Crippen LogP contribution in [0, 0.1) is 6.92 Å². The topological polar surface area (TPSA) is 198 Å². The molecular weight excluding hydrogens is 671 g/mol. The molecule has 0 saturated carbocycles. The Morgan fingerprint density at radius 3 is 1.72 bits per heavy atom. The van der Waals surface area contributed by atoms with E-state index in [0.29, 0.717) is 22.4 Å². The molecule has 0 amide bonds. The van der Waals surface area contributed by atoms with E-state index in [1.165, 1.54) is 13.2 Å². The van der Waals surface area contributed by atoms with Crippen LogP contribution in [0.5, 0.6) is 11.5 Å². The number of hydrogen-bond acceptors (Lipinski definition) is 13. The summed E-state index contributed by atoms with van der Waals surface area (Å²) in [6.07, 6.45) is 0. The molecule has 3 aromatic rings. The first-order valence-electron chi connectivity index (χ1n) is 11.5. The molecule has 0 radical (unpaired) electrons. The number of hydrogen-bond donors (Lipinski definition) is 0. The first-order chi connectivity index (χ1) is 18.5. The number of methoxy groups -OCH3 is 1. The Hall–Kier alpha value is 1.48. The van der Waals surface area contributed by atoms with Crippen LogP contribution in [0.2, 0.25) is 0 Å². The Balaban J connectivity index is 0. The molecule has 0 spiro atoms. The van der Waals surface area contributed by atoms with Gasteiger partial charge in [-0.25, -0.2) is 4.98 Å². The normalized spacial score (nSPS) is 9.63. The summed E-state index contributed by atoms with van der Waals surface area (Å²) in [5.74, 6) is -5.54. The number of carboxylic acids is 4. The summed E-state index contributed by atoms with van der Waals surface area (Å²) in [5.41, 5.74) is 1.63. The number of aliphatic carboxylic acids is 4. The van der Waals surface area contributed by atoms with Crippen LogP contribution in [0.4, 0.5) is 11.4 Å². The predicted molar refractivity (Wildman–Crippen MR) is 128 cm³/mol. The van der Waals surface area contributed by atoms with E-state index >= 15 is 0 Å². The Morgan fingerprint density at radius 1 is 0.721 bits per heavy atom. The number of carboxylic acid groups (broad SMARTS) is 4. The van der Waals surface area contributed by atoms with E-state index in [9.17, 15) is 39.6 Å². The Bertz CT molecular complexity index is 1400. The van der Waals surface area contributed by atoms with E-state index in [4.69, 9.17) is 9.47 Å². The number of aryl methyl sites for hydroxylation is 1. The molecule has 1 heterocycles. The van der Waals surface area contributed by atoms with Gasteiger partial charge in [0.05, 0.1) is 79.8 Å². The Kier molecular flexibility index (Phi) is 24.9. The standard InChI is InChI=1S/C26H27N3O10.4K/c1-15-3-6-21(19(7-15)28(10-22(30)31)11-23(32)33)39-14-17-5-4-16-8-18(38-2)9-20(26(16)27-17)29(12-24(34)35)13-25(36)37;;;;/h3-9H,10-14H2,1-2H3,(H,30,31)(H,32,33)(H,34,35)(H,36,37);;;;/q;4*+1/p-4. The molecule has 1 aromatic heterocycles. The van der Waals surface area contributed by atoms with E-state index < -0.39 is 50.1 Å².